The van der Waals surface area contributed by atoms with Gasteiger partial charge in [-0.05, 0) is 16.5 Å². The molecule has 1 aliphatic rings. The van der Waals surface area contributed by atoms with Gasteiger partial charge in [-0.2, -0.15) is 0 Å². The lowest BCUT2D eigenvalue weighted by atomic mass is 9.87. The van der Waals surface area contributed by atoms with Crippen LogP contribution >= 0.6 is 0 Å². The minimum atomic E-state index is -0.915. The number of carboxylic acid groups (broad SMARTS) is 1. The molecule has 20 heavy (non-hydrogen) atoms. The molecule has 1 N–H and O–H groups in total. The first-order chi connectivity index (χ1) is 9.27. The van der Waals surface area contributed by atoms with E-state index in [4.69, 9.17) is 5.11 Å². The summed E-state index contributed by atoms with van der Waals surface area (Å²) in [7, 11) is 0. The van der Waals surface area contributed by atoms with Gasteiger partial charge in [-0.1, -0.05) is 45.0 Å². The van der Waals surface area contributed by atoms with E-state index in [-0.39, 0.29) is 24.2 Å². The Bertz CT molecular complexity index is 514. The molecule has 1 unspecified atom stereocenters. The van der Waals surface area contributed by atoms with Crippen molar-refractivity contribution in [2.24, 2.45) is 0 Å². The van der Waals surface area contributed by atoms with Crippen LogP contribution in [0.5, 0.6) is 0 Å². The molecule has 0 saturated carbocycles. The fourth-order valence-electron chi connectivity index (χ4n) is 2.50. The van der Waals surface area contributed by atoms with Crippen molar-refractivity contribution >= 4 is 11.8 Å². The maximum atomic E-state index is 11.4. The first-order valence-electron chi connectivity index (χ1n) is 6.85. The summed E-state index contributed by atoms with van der Waals surface area (Å²) in [6.07, 6.45) is 0.120. The fraction of sp³-hybridized carbons (Fsp3) is 0.500. The summed E-state index contributed by atoms with van der Waals surface area (Å²) in [6, 6.07) is 7.50. The van der Waals surface area contributed by atoms with Crippen LogP contribution in [0.4, 0.5) is 0 Å². The van der Waals surface area contributed by atoms with Gasteiger partial charge in [-0.25, -0.2) is 0 Å². The van der Waals surface area contributed by atoms with E-state index in [1.807, 2.05) is 12.1 Å². The van der Waals surface area contributed by atoms with Gasteiger partial charge >= 0.3 is 5.97 Å². The van der Waals surface area contributed by atoms with Crippen LogP contribution in [0.25, 0.3) is 0 Å². The highest BCUT2D eigenvalue weighted by molar-refractivity contribution is 5.90. The van der Waals surface area contributed by atoms with Crippen LogP contribution in [0.3, 0.4) is 0 Å². The van der Waals surface area contributed by atoms with Crippen molar-refractivity contribution in [3.63, 3.8) is 0 Å². The number of ketones is 1. The highest BCUT2D eigenvalue weighted by Crippen LogP contribution is 2.23. The lowest BCUT2D eigenvalue weighted by Crippen LogP contribution is -2.35. The summed E-state index contributed by atoms with van der Waals surface area (Å²) in [5, 5.41) is 9.14. The molecule has 1 aromatic carbocycles. The van der Waals surface area contributed by atoms with Gasteiger partial charge in [0.15, 0.2) is 0 Å². The molecule has 0 radical (unpaired) electrons. The van der Waals surface area contributed by atoms with Gasteiger partial charge < -0.3 is 5.11 Å². The molecule has 0 aliphatic carbocycles. The number of hydrogen-bond donors (Lipinski definition) is 1. The molecule has 1 heterocycles. The molecule has 1 saturated heterocycles. The second-order valence-electron chi connectivity index (χ2n) is 6.45. The summed E-state index contributed by atoms with van der Waals surface area (Å²) in [5.41, 5.74) is 2.39. The zero-order valence-electron chi connectivity index (χ0n) is 12.2. The van der Waals surface area contributed by atoms with Gasteiger partial charge in [0.05, 0.1) is 6.54 Å². The number of hydrogen-bond acceptors (Lipinski definition) is 3. The average Bonchev–Trinajstić information content (AvgIpc) is 2.70. The number of aliphatic carboxylic acids is 1. The summed E-state index contributed by atoms with van der Waals surface area (Å²) < 4.78 is 0. The van der Waals surface area contributed by atoms with Crippen LogP contribution in [-0.4, -0.2) is 34.3 Å². The van der Waals surface area contributed by atoms with E-state index in [9.17, 15) is 9.59 Å². The smallest absolute Gasteiger partial charge is 0.321 e. The third-order valence-corrected chi connectivity index (χ3v) is 3.73. The van der Waals surface area contributed by atoms with Gasteiger partial charge in [0.1, 0.15) is 11.8 Å². The summed E-state index contributed by atoms with van der Waals surface area (Å²) >= 11 is 0. The number of benzene rings is 1. The quantitative estimate of drug-likeness (QED) is 0.919. The number of nitrogens with zero attached hydrogens (tertiary/aromatic N) is 1. The number of rotatable bonds is 3. The Hall–Kier alpha value is -1.68. The normalized spacial score (nSPS) is 20.4. The third-order valence-electron chi connectivity index (χ3n) is 3.73. The van der Waals surface area contributed by atoms with Gasteiger partial charge in [0, 0.05) is 13.0 Å². The monoisotopic (exact) mass is 275 g/mol. The van der Waals surface area contributed by atoms with E-state index >= 15 is 0 Å². The Morgan fingerprint density at radius 2 is 1.90 bits per heavy atom. The van der Waals surface area contributed by atoms with E-state index in [0.717, 1.165) is 5.56 Å². The van der Waals surface area contributed by atoms with Crippen molar-refractivity contribution in [3.05, 3.63) is 35.4 Å². The Labute approximate surface area is 119 Å². The van der Waals surface area contributed by atoms with E-state index < -0.39 is 12.0 Å². The second kappa shape index (κ2) is 5.37. The molecule has 4 heteroatoms. The van der Waals surface area contributed by atoms with E-state index in [1.54, 1.807) is 4.90 Å². The van der Waals surface area contributed by atoms with Gasteiger partial charge in [0.25, 0.3) is 0 Å². The maximum absolute atomic E-state index is 11.4. The summed E-state index contributed by atoms with van der Waals surface area (Å²) in [4.78, 5) is 24.3. The van der Waals surface area contributed by atoms with Crippen molar-refractivity contribution in [1.29, 1.82) is 0 Å². The van der Waals surface area contributed by atoms with Crippen LogP contribution < -0.4 is 0 Å². The van der Waals surface area contributed by atoms with E-state index in [0.29, 0.717) is 6.54 Å². The highest BCUT2D eigenvalue weighted by Gasteiger charge is 2.35. The molecule has 0 aromatic heterocycles. The molecule has 108 valence electrons. The summed E-state index contributed by atoms with van der Waals surface area (Å²) in [6.45, 7) is 7.20. The first kappa shape index (κ1) is 14.7. The number of carboxylic acids is 1. The SMILES string of the molecule is CC(C)(C)c1ccc(CN2CC(=O)CC2C(=O)O)cc1. The highest BCUT2D eigenvalue weighted by atomic mass is 16.4. The first-order valence-corrected chi connectivity index (χ1v) is 6.85. The fourth-order valence-corrected chi connectivity index (χ4v) is 2.50. The molecular formula is C16H21NO3. The zero-order valence-corrected chi connectivity index (χ0v) is 12.2. The number of Topliss-reactive ketones (excluding diaryl/α,β-unsaturated/α-hetero) is 1. The minimum Gasteiger partial charge on any atom is -0.480 e. The Balaban J connectivity index is 2.10. The summed E-state index contributed by atoms with van der Waals surface area (Å²) in [5.74, 6) is -0.911. The van der Waals surface area contributed by atoms with Crippen molar-refractivity contribution < 1.29 is 14.7 Å². The van der Waals surface area contributed by atoms with Gasteiger partial charge in [-0.15, -0.1) is 0 Å². The lowest BCUT2D eigenvalue weighted by Gasteiger charge is -2.22. The Kier molecular flexibility index (Phi) is 3.95. The number of likely N-dealkylation sites (tertiary alicyclic amines) is 1. The van der Waals surface area contributed by atoms with Crippen LogP contribution in [-0.2, 0) is 21.5 Å². The van der Waals surface area contributed by atoms with Crippen LogP contribution in [0.15, 0.2) is 24.3 Å². The zero-order chi connectivity index (χ0) is 14.9. The molecule has 1 fully saturated rings. The van der Waals surface area contributed by atoms with E-state index in [1.165, 1.54) is 5.56 Å². The third kappa shape index (κ3) is 3.25. The number of carbonyl (C=O) groups excluding carboxylic acids is 1. The van der Waals surface area contributed by atoms with Crippen molar-refractivity contribution in [3.8, 4) is 0 Å². The van der Waals surface area contributed by atoms with Gasteiger partial charge in [0.2, 0.25) is 0 Å². The molecule has 1 aromatic rings. The van der Waals surface area contributed by atoms with Crippen molar-refractivity contribution in [2.45, 2.75) is 45.2 Å². The van der Waals surface area contributed by atoms with Crippen molar-refractivity contribution in [2.75, 3.05) is 6.54 Å². The van der Waals surface area contributed by atoms with Gasteiger partial charge in [-0.3, -0.25) is 14.5 Å². The number of carbonyl (C=O) groups is 2. The molecule has 0 amide bonds. The molecule has 4 nitrogen and oxygen atoms in total. The molecule has 1 aliphatic heterocycles. The standard InChI is InChI=1S/C16H21NO3/c1-16(2,3)12-6-4-11(5-7-12)9-17-10-13(18)8-14(17)15(19)20/h4-7,14H,8-10H2,1-3H3,(H,19,20). The Morgan fingerprint density at radius 3 is 2.40 bits per heavy atom. The second-order valence-corrected chi connectivity index (χ2v) is 6.45. The molecule has 2 rings (SSSR count). The Morgan fingerprint density at radius 1 is 1.30 bits per heavy atom. The predicted octanol–water partition coefficient (Wildman–Crippen LogP) is 2.21. The largest absolute Gasteiger partial charge is 0.480 e. The molecule has 0 bridgehead atoms. The maximum Gasteiger partial charge on any atom is 0.321 e. The van der Waals surface area contributed by atoms with Crippen LogP contribution in [0, 0.1) is 0 Å². The molecular weight excluding hydrogens is 254 g/mol. The molecule has 1 atom stereocenters. The average molecular weight is 275 g/mol. The van der Waals surface area contributed by atoms with Crippen molar-refractivity contribution in [1.82, 2.24) is 4.90 Å². The predicted molar refractivity (Wildman–Crippen MR) is 76.6 cm³/mol. The molecule has 0 spiro atoms. The van der Waals surface area contributed by atoms with Crippen LogP contribution in [0.1, 0.15) is 38.3 Å². The lowest BCUT2D eigenvalue weighted by molar-refractivity contribution is -0.142. The minimum absolute atomic E-state index is 0.00344. The van der Waals surface area contributed by atoms with E-state index in [2.05, 4.69) is 32.9 Å². The topological polar surface area (TPSA) is 57.6 Å². The van der Waals surface area contributed by atoms with Crippen LogP contribution in [0.2, 0.25) is 0 Å².